The molecule has 0 saturated heterocycles. The molecule has 1 aliphatic heterocycles. The van der Waals surface area contributed by atoms with Crippen molar-refractivity contribution in [2.75, 3.05) is 0 Å². The van der Waals surface area contributed by atoms with E-state index >= 15 is 0 Å². The Kier molecular flexibility index (Phi) is 8.07. The summed E-state index contributed by atoms with van der Waals surface area (Å²) >= 11 is 1.89. The van der Waals surface area contributed by atoms with Gasteiger partial charge in [-0.3, -0.25) is 4.79 Å². The van der Waals surface area contributed by atoms with Crippen molar-refractivity contribution in [3.8, 4) is 11.3 Å². The summed E-state index contributed by atoms with van der Waals surface area (Å²) < 4.78 is 2.71. The van der Waals surface area contributed by atoms with Crippen molar-refractivity contribution < 1.29 is 30.0 Å². The predicted octanol–water partition coefficient (Wildman–Crippen LogP) is 8.29. The van der Waals surface area contributed by atoms with E-state index in [4.69, 9.17) is 4.98 Å². The van der Waals surface area contributed by atoms with Crippen LogP contribution in [0.2, 0.25) is 13.1 Å². The maximum atomic E-state index is 11.5. The van der Waals surface area contributed by atoms with Gasteiger partial charge in [0, 0.05) is 52.6 Å². The summed E-state index contributed by atoms with van der Waals surface area (Å²) in [5, 5.41) is 18.0. The van der Waals surface area contributed by atoms with Gasteiger partial charge in [-0.15, -0.1) is 34.2 Å². The van der Waals surface area contributed by atoms with Crippen molar-refractivity contribution in [2.45, 2.75) is 54.6 Å². The Morgan fingerprint density at radius 1 is 0.925 bits per heavy atom. The number of pyridine rings is 1. The zero-order valence-electron chi connectivity index (χ0n) is 24.4. The van der Waals surface area contributed by atoms with Gasteiger partial charge in [-0.2, -0.15) is 0 Å². The van der Waals surface area contributed by atoms with Crippen LogP contribution in [0.3, 0.4) is 0 Å². The second kappa shape index (κ2) is 10.6. The van der Waals surface area contributed by atoms with E-state index in [1.807, 2.05) is 59.1 Å². The zero-order chi connectivity index (χ0) is 28.3. The summed E-state index contributed by atoms with van der Waals surface area (Å²) in [5.74, 6) is 0.104. The first-order valence-corrected chi connectivity index (χ1v) is 17.2. The Bertz CT molecular complexity index is 1790. The number of hydrogen-bond donors (Lipinski definition) is 1. The molecule has 3 nitrogen and oxygen atoms in total. The third kappa shape index (κ3) is 5.23. The summed E-state index contributed by atoms with van der Waals surface area (Å²) in [5.41, 5.74) is 1.56. The number of fused-ring (bicyclic) bond motifs is 4. The van der Waals surface area contributed by atoms with Crippen molar-refractivity contribution in [3.63, 3.8) is 0 Å². The molecular weight excluding hydrogens is 707 g/mol. The second-order valence-electron chi connectivity index (χ2n) is 13.0. The largest absolute Gasteiger partial charge is 0.512 e. The summed E-state index contributed by atoms with van der Waals surface area (Å²) in [6.45, 7) is 16.1. The zero-order valence-corrected chi connectivity index (χ0v) is 28.6. The normalized spacial score (nSPS) is 14.3. The quantitative estimate of drug-likeness (QED) is 0.0815. The van der Waals surface area contributed by atoms with Gasteiger partial charge < -0.3 is 10.1 Å². The molecule has 1 N–H and O–H groups in total. The van der Waals surface area contributed by atoms with E-state index in [1.54, 1.807) is 0 Å². The van der Waals surface area contributed by atoms with Gasteiger partial charge in [-0.25, -0.2) is 0 Å². The first-order valence-electron chi connectivity index (χ1n) is 13.4. The number of thiophene rings is 1. The molecule has 0 atom stereocenters. The van der Waals surface area contributed by atoms with E-state index in [9.17, 15) is 9.90 Å². The predicted molar refractivity (Wildman–Crippen MR) is 170 cm³/mol. The number of benzene rings is 3. The van der Waals surface area contributed by atoms with Crippen LogP contribution >= 0.6 is 11.3 Å². The number of carbonyl (C=O) groups is 1. The molecule has 1 radical (unpaired) electrons. The van der Waals surface area contributed by atoms with Crippen LogP contribution in [0, 0.1) is 16.9 Å². The molecule has 209 valence electrons. The summed E-state index contributed by atoms with van der Waals surface area (Å²) in [6, 6.07) is 23.5. The Morgan fingerprint density at radius 3 is 2.27 bits per heavy atom. The Balaban J connectivity index is 0.000000229. The van der Waals surface area contributed by atoms with Gasteiger partial charge in [0.15, 0.2) is 5.78 Å². The van der Waals surface area contributed by atoms with Gasteiger partial charge in [0.05, 0.1) is 8.07 Å². The van der Waals surface area contributed by atoms with Gasteiger partial charge in [-0.1, -0.05) is 107 Å². The molecule has 0 unspecified atom stereocenters. The summed E-state index contributed by atoms with van der Waals surface area (Å²) in [6.07, 6.45) is 3.29. The van der Waals surface area contributed by atoms with E-state index < -0.39 is 13.5 Å². The van der Waals surface area contributed by atoms with E-state index in [0.29, 0.717) is 0 Å². The number of ketones is 1. The van der Waals surface area contributed by atoms with E-state index in [-0.39, 0.29) is 37.1 Å². The van der Waals surface area contributed by atoms with E-state index in [0.717, 1.165) is 5.69 Å². The fraction of sp³-hybridized carbons (Fsp3) is 0.294. The molecule has 0 fully saturated rings. The molecule has 0 spiro atoms. The van der Waals surface area contributed by atoms with E-state index in [2.05, 4.69) is 73.8 Å². The van der Waals surface area contributed by atoms with Crippen molar-refractivity contribution in [2.24, 2.45) is 10.8 Å². The maximum absolute atomic E-state index is 11.5. The minimum atomic E-state index is -1.93. The third-order valence-corrected chi connectivity index (χ3v) is 12.2. The maximum Gasteiger partial charge on any atom is 0.164 e. The number of carbonyl (C=O) groups excluding carboxylic acids is 1. The first-order chi connectivity index (χ1) is 18.2. The second-order valence-corrected chi connectivity index (χ2v) is 18.3. The molecule has 0 bridgehead atoms. The van der Waals surface area contributed by atoms with Gasteiger partial charge in [0.2, 0.25) is 0 Å². The fourth-order valence-electron chi connectivity index (χ4n) is 5.21. The molecule has 0 amide bonds. The van der Waals surface area contributed by atoms with Gasteiger partial charge in [0.1, 0.15) is 5.76 Å². The minimum absolute atomic E-state index is 0. The van der Waals surface area contributed by atoms with Crippen LogP contribution in [0.15, 0.2) is 72.6 Å². The third-order valence-electron chi connectivity index (χ3n) is 7.57. The molecule has 0 saturated carbocycles. The summed E-state index contributed by atoms with van der Waals surface area (Å²) in [7, 11) is -1.93. The topological polar surface area (TPSA) is 50.2 Å². The van der Waals surface area contributed by atoms with Crippen LogP contribution < -0.4 is 10.4 Å². The van der Waals surface area contributed by atoms with E-state index in [1.165, 1.54) is 53.0 Å². The van der Waals surface area contributed by atoms with Gasteiger partial charge in [0.25, 0.3) is 0 Å². The molecular formula is C34H36IrNO2SSi-. The Labute approximate surface area is 255 Å². The number of allylic oxidation sites excluding steroid dienone is 2. The van der Waals surface area contributed by atoms with Crippen LogP contribution in [0.1, 0.15) is 41.5 Å². The van der Waals surface area contributed by atoms with Crippen molar-refractivity contribution in [1.82, 2.24) is 4.98 Å². The smallest absolute Gasteiger partial charge is 0.164 e. The van der Waals surface area contributed by atoms with Gasteiger partial charge in [-0.05, 0) is 28.6 Å². The molecule has 0 aliphatic carbocycles. The first kappa shape index (κ1) is 30.3. The number of aliphatic hydroxyl groups excluding tert-OH is 1. The molecule has 6 heteroatoms. The van der Waals surface area contributed by atoms with Crippen molar-refractivity contribution >= 4 is 66.5 Å². The molecule has 5 aromatic rings. The van der Waals surface area contributed by atoms with Crippen LogP contribution in [0.4, 0.5) is 0 Å². The molecule has 3 heterocycles. The average Bonchev–Trinajstić information content (AvgIpc) is 3.22. The average molecular weight is 743 g/mol. The molecule has 3 aromatic carbocycles. The number of hydrogen-bond acceptors (Lipinski definition) is 4. The fourth-order valence-corrected chi connectivity index (χ4v) is 9.81. The van der Waals surface area contributed by atoms with Gasteiger partial charge >= 0.3 is 0 Å². The van der Waals surface area contributed by atoms with Crippen LogP contribution in [-0.4, -0.2) is 23.9 Å². The number of nitrogens with zero attached hydrogens (tertiary/aromatic N) is 1. The number of rotatable bonds is 1. The molecule has 1 aliphatic rings. The Morgan fingerprint density at radius 2 is 1.60 bits per heavy atom. The summed E-state index contributed by atoms with van der Waals surface area (Å²) in [4.78, 5) is 16.3. The number of aliphatic hydroxyl groups is 1. The monoisotopic (exact) mass is 743 g/mol. The Hall–Kier alpha value is -2.63. The minimum Gasteiger partial charge on any atom is -0.512 e. The van der Waals surface area contributed by atoms with Crippen LogP contribution in [-0.2, 0) is 24.9 Å². The van der Waals surface area contributed by atoms with Crippen molar-refractivity contribution in [1.29, 1.82) is 0 Å². The molecule has 2 aromatic heterocycles. The molecule has 6 rings (SSSR count). The van der Waals surface area contributed by atoms with Crippen molar-refractivity contribution in [3.05, 3.63) is 78.7 Å². The SMILES string of the molecule is CC(C)(C)C(=O)/C=C(\O)C(C)(C)C.C[Si]1(C)c2c([c-]cc3ccccc23)-c2nccc3sc4cccc1c4c23.[Ir]. The number of aromatic nitrogens is 1. The standard InChI is InChI=1S/C23H16NSSi.C11H20O2.Ir/c1-26(2)19-9-5-8-17-20(19)21-18(25-17)12-13-24-22(21)16-11-10-14-6-3-4-7-15(14)23(16)26;1-10(2,3)8(12)7-9(13)11(4,5)6;/h3-10,12-13H,1-2H3;7,12H,1-6H3;/q-1;;/b;8-7-;. The van der Waals surface area contributed by atoms with Crippen LogP contribution in [0.25, 0.3) is 42.2 Å². The molecule has 40 heavy (non-hydrogen) atoms. The van der Waals surface area contributed by atoms with Crippen LogP contribution in [0.5, 0.6) is 0 Å².